The molecule has 1 aromatic carbocycles. The van der Waals surface area contributed by atoms with Crippen molar-refractivity contribution < 1.29 is 13.9 Å². The van der Waals surface area contributed by atoms with Gasteiger partial charge < -0.3 is 9.64 Å². The molecule has 0 radical (unpaired) electrons. The van der Waals surface area contributed by atoms with E-state index in [1.165, 1.54) is 6.07 Å². The van der Waals surface area contributed by atoms with Gasteiger partial charge in [-0.3, -0.25) is 4.79 Å². The fraction of sp³-hybridized carbons (Fsp3) is 0.533. The van der Waals surface area contributed by atoms with Crippen LogP contribution in [0.2, 0.25) is 5.02 Å². The van der Waals surface area contributed by atoms with Gasteiger partial charge in [0.15, 0.2) is 0 Å². The van der Waals surface area contributed by atoms with Crippen LogP contribution in [0.4, 0.5) is 4.39 Å². The first-order chi connectivity index (χ1) is 9.54. The molecule has 20 heavy (non-hydrogen) atoms. The van der Waals surface area contributed by atoms with Gasteiger partial charge >= 0.3 is 0 Å². The standard InChI is InChI=1S/C15H19ClFNO2/c1-3-20-10(2)15(19)18(11-7-8-11)9-12-13(16)5-4-6-14(12)17/h4-6,10-11H,3,7-9H2,1-2H3/t10-/m1/s1. The van der Waals surface area contributed by atoms with E-state index in [0.29, 0.717) is 17.2 Å². The average Bonchev–Trinajstić information content (AvgIpc) is 3.22. The van der Waals surface area contributed by atoms with Crippen molar-refractivity contribution in [2.45, 2.75) is 45.4 Å². The number of halogens is 2. The van der Waals surface area contributed by atoms with Gasteiger partial charge in [0.05, 0.1) is 6.54 Å². The molecule has 0 N–H and O–H groups in total. The Labute approximate surface area is 123 Å². The molecule has 0 aromatic heterocycles. The summed E-state index contributed by atoms with van der Waals surface area (Å²) >= 11 is 6.03. The molecule has 110 valence electrons. The zero-order valence-electron chi connectivity index (χ0n) is 11.7. The highest BCUT2D eigenvalue weighted by atomic mass is 35.5. The number of carbonyl (C=O) groups is 1. The van der Waals surface area contributed by atoms with Gasteiger partial charge in [-0.2, -0.15) is 0 Å². The Morgan fingerprint density at radius 2 is 2.25 bits per heavy atom. The molecular weight excluding hydrogens is 281 g/mol. The van der Waals surface area contributed by atoms with Crippen LogP contribution in [-0.2, 0) is 16.1 Å². The van der Waals surface area contributed by atoms with Crippen molar-refractivity contribution in [2.24, 2.45) is 0 Å². The van der Waals surface area contributed by atoms with Crippen LogP contribution in [0.3, 0.4) is 0 Å². The molecule has 1 aromatic rings. The van der Waals surface area contributed by atoms with Crippen molar-refractivity contribution >= 4 is 17.5 Å². The molecule has 1 aliphatic carbocycles. The molecular formula is C15H19ClFNO2. The van der Waals surface area contributed by atoms with Crippen molar-refractivity contribution in [1.29, 1.82) is 0 Å². The summed E-state index contributed by atoms with van der Waals surface area (Å²) in [5, 5.41) is 0.354. The molecule has 1 saturated carbocycles. The zero-order chi connectivity index (χ0) is 14.7. The Balaban J connectivity index is 2.16. The first kappa shape index (κ1) is 15.3. The monoisotopic (exact) mass is 299 g/mol. The van der Waals surface area contributed by atoms with E-state index in [4.69, 9.17) is 16.3 Å². The molecule has 1 fully saturated rings. The number of hydrogen-bond acceptors (Lipinski definition) is 2. The molecule has 1 atom stereocenters. The summed E-state index contributed by atoms with van der Waals surface area (Å²) in [6.45, 7) is 4.25. The number of nitrogens with zero attached hydrogens (tertiary/aromatic N) is 1. The van der Waals surface area contributed by atoms with Crippen molar-refractivity contribution in [3.05, 3.63) is 34.6 Å². The molecule has 0 bridgehead atoms. The fourth-order valence-corrected chi connectivity index (χ4v) is 2.40. The van der Waals surface area contributed by atoms with E-state index in [1.807, 2.05) is 6.92 Å². The first-order valence-electron chi connectivity index (χ1n) is 6.89. The van der Waals surface area contributed by atoms with Crippen LogP contribution in [0.1, 0.15) is 32.3 Å². The normalized spacial score (nSPS) is 16.0. The molecule has 0 saturated heterocycles. The number of amides is 1. The van der Waals surface area contributed by atoms with Crippen LogP contribution in [0.15, 0.2) is 18.2 Å². The molecule has 0 spiro atoms. The average molecular weight is 300 g/mol. The van der Waals surface area contributed by atoms with Gasteiger partial charge in [-0.15, -0.1) is 0 Å². The molecule has 0 unspecified atom stereocenters. The summed E-state index contributed by atoms with van der Waals surface area (Å²) in [5.41, 5.74) is 0.373. The molecule has 5 heteroatoms. The molecule has 3 nitrogen and oxygen atoms in total. The first-order valence-corrected chi connectivity index (χ1v) is 7.27. The van der Waals surface area contributed by atoms with Gasteiger partial charge in [0.1, 0.15) is 11.9 Å². The van der Waals surface area contributed by atoms with E-state index in [0.717, 1.165) is 12.8 Å². The lowest BCUT2D eigenvalue weighted by atomic mass is 10.2. The summed E-state index contributed by atoms with van der Waals surface area (Å²) < 4.78 is 19.2. The Bertz CT molecular complexity index is 471. The predicted molar refractivity (Wildman–Crippen MR) is 76.1 cm³/mol. The highest BCUT2D eigenvalue weighted by Gasteiger charge is 2.35. The van der Waals surface area contributed by atoms with Crippen LogP contribution in [0.25, 0.3) is 0 Å². The minimum Gasteiger partial charge on any atom is -0.369 e. The largest absolute Gasteiger partial charge is 0.369 e. The second-order valence-corrected chi connectivity index (χ2v) is 5.40. The smallest absolute Gasteiger partial charge is 0.251 e. The Kier molecular flexibility index (Phi) is 5.00. The number of ether oxygens (including phenoxy) is 1. The van der Waals surface area contributed by atoms with Crippen molar-refractivity contribution in [1.82, 2.24) is 4.90 Å². The maximum Gasteiger partial charge on any atom is 0.251 e. The maximum atomic E-state index is 13.9. The predicted octanol–water partition coefficient (Wildman–Crippen LogP) is 3.40. The van der Waals surface area contributed by atoms with Gasteiger partial charge in [-0.1, -0.05) is 17.7 Å². The number of benzene rings is 1. The van der Waals surface area contributed by atoms with E-state index in [9.17, 15) is 9.18 Å². The zero-order valence-corrected chi connectivity index (χ0v) is 12.5. The minimum absolute atomic E-state index is 0.103. The van der Waals surface area contributed by atoms with Crippen LogP contribution >= 0.6 is 11.6 Å². The Morgan fingerprint density at radius 1 is 1.55 bits per heavy atom. The topological polar surface area (TPSA) is 29.5 Å². The SMILES string of the molecule is CCO[C@H](C)C(=O)N(Cc1c(F)cccc1Cl)C1CC1. The van der Waals surface area contributed by atoms with E-state index < -0.39 is 6.10 Å². The molecule has 1 amide bonds. The fourth-order valence-electron chi connectivity index (χ4n) is 2.18. The van der Waals surface area contributed by atoms with E-state index >= 15 is 0 Å². The van der Waals surface area contributed by atoms with Crippen molar-refractivity contribution in [2.75, 3.05) is 6.61 Å². The van der Waals surface area contributed by atoms with Gasteiger partial charge in [-0.25, -0.2) is 4.39 Å². The second kappa shape index (κ2) is 6.55. The summed E-state index contributed by atoms with van der Waals surface area (Å²) in [6, 6.07) is 4.75. The minimum atomic E-state index is -0.508. The third-order valence-electron chi connectivity index (χ3n) is 3.43. The quantitative estimate of drug-likeness (QED) is 0.806. The Hall–Kier alpha value is -1.13. The Morgan fingerprint density at radius 3 is 2.80 bits per heavy atom. The highest BCUT2D eigenvalue weighted by molar-refractivity contribution is 6.31. The third-order valence-corrected chi connectivity index (χ3v) is 3.78. The van der Waals surface area contributed by atoms with Crippen LogP contribution < -0.4 is 0 Å². The van der Waals surface area contributed by atoms with Gasteiger partial charge in [0, 0.05) is 23.2 Å². The van der Waals surface area contributed by atoms with E-state index in [-0.39, 0.29) is 24.3 Å². The van der Waals surface area contributed by atoms with Gasteiger partial charge in [0.2, 0.25) is 0 Å². The van der Waals surface area contributed by atoms with E-state index in [1.54, 1.807) is 24.0 Å². The lowest BCUT2D eigenvalue weighted by Gasteiger charge is -2.26. The lowest BCUT2D eigenvalue weighted by Crippen LogP contribution is -2.40. The molecule has 2 rings (SSSR count). The molecule has 0 heterocycles. The molecule has 1 aliphatic rings. The van der Waals surface area contributed by atoms with E-state index in [2.05, 4.69) is 0 Å². The van der Waals surface area contributed by atoms with Crippen molar-refractivity contribution in [3.8, 4) is 0 Å². The summed E-state index contributed by atoms with van der Waals surface area (Å²) in [4.78, 5) is 14.1. The van der Waals surface area contributed by atoms with Crippen LogP contribution in [-0.4, -0.2) is 29.6 Å². The van der Waals surface area contributed by atoms with Gasteiger partial charge in [-0.05, 0) is 38.8 Å². The number of rotatable bonds is 6. The van der Waals surface area contributed by atoms with Gasteiger partial charge in [0.25, 0.3) is 5.91 Å². The van der Waals surface area contributed by atoms with Crippen LogP contribution in [0.5, 0.6) is 0 Å². The summed E-state index contributed by atoms with van der Waals surface area (Å²) in [5.74, 6) is -0.478. The maximum absolute atomic E-state index is 13.9. The highest BCUT2D eigenvalue weighted by Crippen LogP contribution is 2.31. The number of hydrogen-bond donors (Lipinski definition) is 0. The summed E-state index contributed by atoms with van der Waals surface area (Å²) in [7, 11) is 0. The lowest BCUT2D eigenvalue weighted by molar-refractivity contribution is -0.143. The number of carbonyl (C=O) groups excluding carboxylic acids is 1. The third kappa shape index (κ3) is 3.49. The second-order valence-electron chi connectivity index (χ2n) is 5.00. The summed E-state index contributed by atoms with van der Waals surface area (Å²) in [6.07, 6.45) is 1.40. The van der Waals surface area contributed by atoms with Crippen molar-refractivity contribution in [3.63, 3.8) is 0 Å². The van der Waals surface area contributed by atoms with Crippen LogP contribution in [0, 0.1) is 5.82 Å². The molecule has 0 aliphatic heterocycles.